The van der Waals surface area contributed by atoms with Crippen LogP contribution in [0.5, 0.6) is 5.75 Å². The van der Waals surface area contributed by atoms with Crippen molar-refractivity contribution in [3.05, 3.63) is 73.2 Å². The van der Waals surface area contributed by atoms with Crippen LogP contribution in [0, 0.1) is 0 Å². The number of benzene rings is 2. The minimum Gasteiger partial charge on any atom is -0.495 e. The Morgan fingerprint density at radius 2 is 1.64 bits per heavy atom. The lowest BCUT2D eigenvalue weighted by molar-refractivity contribution is 0.151. The first-order valence-corrected chi connectivity index (χ1v) is 11.8. The SMILES string of the molecule is COc1cccc2c(-c3cncc(-c4ccccc4)c3)cn(CCCN3CCN(C)CC3)c12. The van der Waals surface area contributed by atoms with Crippen LogP contribution >= 0.6 is 0 Å². The van der Waals surface area contributed by atoms with Crippen molar-refractivity contribution in [1.29, 1.82) is 0 Å². The molecule has 0 spiro atoms. The van der Waals surface area contributed by atoms with Crippen LogP contribution < -0.4 is 4.74 Å². The standard InChI is InChI=1S/C28H32N4O/c1-30-14-16-31(17-15-30)12-7-13-32-21-26(25-10-6-11-27(33-2)28(25)32)24-18-23(19-29-20-24)22-8-4-3-5-9-22/h3-6,8-11,18-21H,7,12-17H2,1-2H3. The van der Waals surface area contributed by atoms with Crippen LogP contribution in [0.3, 0.4) is 0 Å². The van der Waals surface area contributed by atoms with Crippen molar-refractivity contribution < 1.29 is 4.74 Å². The van der Waals surface area contributed by atoms with Gasteiger partial charge in [-0.2, -0.15) is 0 Å². The van der Waals surface area contributed by atoms with E-state index in [-0.39, 0.29) is 0 Å². The second kappa shape index (κ2) is 9.77. The molecule has 5 heteroatoms. The Bertz CT molecular complexity index is 1210. The third-order valence-corrected chi connectivity index (χ3v) is 6.71. The van der Waals surface area contributed by atoms with E-state index in [0.717, 1.165) is 62.6 Å². The number of rotatable bonds is 7. The van der Waals surface area contributed by atoms with E-state index in [1.807, 2.05) is 18.5 Å². The topological polar surface area (TPSA) is 33.5 Å². The van der Waals surface area contributed by atoms with E-state index in [4.69, 9.17) is 4.74 Å². The zero-order valence-corrected chi connectivity index (χ0v) is 19.6. The zero-order chi connectivity index (χ0) is 22.6. The highest BCUT2D eigenvalue weighted by Crippen LogP contribution is 2.36. The smallest absolute Gasteiger partial charge is 0.143 e. The summed E-state index contributed by atoms with van der Waals surface area (Å²) in [5.41, 5.74) is 5.81. The zero-order valence-electron chi connectivity index (χ0n) is 19.6. The number of fused-ring (bicyclic) bond motifs is 1. The first-order chi connectivity index (χ1) is 16.2. The summed E-state index contributed by atoms with van der Waals surface area (Å²) in [6.45, 7) is 6.74. The molecule has 4 aromatic rings. The van der Waals surface area contributed by atoms with Gasteiger partial charge in [-0.25, -0.2) is 0 Å². The Hall–Kier alpha value is -3.15. The molecule has 0 saturated carbocycles. The number of para-hydroxylation sites is 1. The normalized spacial score (nSPS) is 15.2. The molecule has 1 aliphatic heterocycles. The Labute approximate surface area is 196 Å². The summed E-state index contributed by atoms with van der Waals surface area (Å²) in [7, 11) is 3.96. The molecule has 0 unspecified atom stereocenters. The highest BCUT2D eigenvalue weighted by molar-refractivity contribution is 5.99. The minimum atomic E-state index is 0.922. The molecule has 0 bridgehead atoms. The molecule has 0 N–H and O–H groups in total. The molecule has 5 rings (SSSR count). The van der Waals surface area contributed by atoms with Crippen molar-refractivity contribution >= 4 is 10.9 Å². The van der Waals surface area contributed by atoms with Gasteiger partial charge < -0.3 is 19.1 Å². The molecular formula is C28H32N4O. The van der Waals surface area contributed by atoms with Crippen molar-refractivity contribution in [1.82, 2.24) is 19.4 Å². The summed E-state index contributed by atoms with van der Waals surface area (Å²) in [5, 5.41) is 1.21. The Morgan fingerprint density at radius 1 is 0.848 bits per heavy atom. The summed E-state index contributed by atoms with van der Waals surface area (Å²) in [4.78, 5) is 9.56. The molecule has 1 aliphatic rings. The molecule has 2 aromatic carbocycles. The van der Waals surface area contributed by atoms with Gasteiger partial charge in [0.25, 0.3) is 0 Å². The van der Waals surface area contributed by atoms with Gasteiger partial charge in [0.2, 0.25) is 0 Å². The highest BCUT2D eigenvalue weighted by atomic mass is 16.5. The van der Waals surface area contributed by atoms with Crippen LogP contribution in [0.15, 0.2) is 73.2 Å². The third-order valence-electron chi connectivity index (χ3n) is 6.71. The maximum atomic E-state index is 5.77. The number of aryl methyl sites for hydroxylation is 1. The third kappa shape index (κ3) is 4.65. The van der Waals surface area contributed by atoms with E-state index < -0.39 is 0 Å². The molecule has 0 amide bonds. The van der Waals surface area contributed by atoms with Gasteiger partial charge in [0.05, 0.1) is 12.6 Å². The summed E-state index contributed by atoms with van der Waals surface area (Å²) in [6.07, 6.45) is 7.31. The Morgan fingerprint density at radius 3 is 2.42 bits per heavy atom. The second-order valence-electron chi connectivity index (χ2n) is 8.92. The predicted molar refractivity (Wildman–Crippen MR) is 136 cm³/mol. The number of pyridine rings is 1. The van der Waals surface area contributed by atoms with Crippen LogP contribution in [0.2, 0.25) is 0 Å². The molecule has 5 nitrogen and oxygen atoms in total. The van der Waals surface area contributed by atoms with Gasteiger partial charge in [0, 0.05) is 73.4 Å². The van der Waals surface area contributed by atoms with Crippen molar-refractivity contribution in [2.24, 2.45) is 0 Å². The van der Waals surface area contributed by atoms with Gasteiger partial charge in [-0.05, 0) is 37.7 Å². The molecular weight excluding hydrogens is 408 g/mol. The summed E-state index contributed by atoms with van der Waals surface area (Å²) < 4.78 is 8.14. The van der Waals surface area contributed by atoms with Gasteiger partial charge in [0.15, 0.2) is 0 Å². The monoisotopic (exact) mass is 440 g/mol. The lowest BCUT2D eigenvalue weighted by atomic mass is 10.0. The van der Waals surface area contributed by atoms with E-state index >= 15 is 0 Å². The average Bonchev–Trinajstić information content (AvgIpc) is 3.25. The largest absolute Gasteiger partial charge is 0.495 e. The van der Waals surface area contributed by atoms with Crippen LogP contribution in [0.25, 0.3) is 33.2 Å². The number of hydrogen-bond acceptors (Lipinski definition) is 4. The molecule has 0 radical (unpaired) electrons. The number of aromatic nitrogens is 2. The van der Waals surface area contributed by atoms with Gasteiger partial charge in [-0.1, -0.05) is 42.5 Å². The van der Waals surface area contributed by atoms with E-state index in [2.05, 4.69) is 81.1 Å². The van der Waals surface area contributed by atoms with Gasteiger partial charge in [0.1, 0.15) is 5.75 Å². The van der Waals surface area contributed by atoms with Gasteiger partial charge >= 0.3 is 0 Å². The predicted octanol–water partition coefficient (Wildman–Crippen LogP) is 5.02. The van der Waals surface area contributed by atoms with Crippen LogP contribution in [0.4, 0.5) is 0 Å². The molecule has 170 valence electrons. The molecule has 0 atom stereocenters. The summed E-state index contributed by atoms with van der Waals surface area (Å²) in [5.74, 6) is 0.922. The molecule has 1 fully saturated rings. The number of hydrogen-bond donors (Lipinski definition) is 0. The first kappa shape index (κ1) is 21.7. The summed E-state index contributed by atoms with van der Waals surface area (Å²) >= 11 is 0. The quantitative estimate of drug-likeness (QED) is 0.404. The highest BCUT2D eigenvalue weighted by Gasteiger charge is 2.17. The fourth-order valence-electron chi connectivity index (χ4n) is 4.81. The molecule has 2 aromatic heterocycles. The maximum Gasteiger partial charge on any atom is 0.143 e. The molecule has 3 heterocycles. The van der Waals surface area contributed by atoms with E-state index in [9.17, 15) is 0 Å². The fraction of sp³-hybridized carbons (Fsp3) is 0.321. The molecule has 1 saturated heterocycles. The molecule has 0 aliphatic carbocycles. The van der Waals surface area contributed by atoms with Crippen LogP contribution in [-0.4, -0.2) is 66.2 Å². The number of methoxy groups -OCH3 is 1. The average molecular weight is 441 g/mol. The van der Waals surface area contributed by atoms with Crippen molar-refractivity contribution in [3.63, 3.8) is 0 Å². The van der Waals surface area contributed by atoms with E-state index in [1.165, 1.54) is 22.0 Å². The number of piperazine rings is 1. The maximum absolute atomic E-state index is 5.77. The van der Waals surface area contributed by atoms with E-state index in [1.54, 1.807) is 7.11 Å². The lowest BCUT2D eigenvalue weighted by Gasteiger charge is -2.32. The van der Waals surface area contributed by atoms with E-state index in [0.29, 0.717) is 0 Å². The van der Waals surface area contributed by atoms with Crippen molar-refractivity contribution in [3.8, 4) is 28.0 Å². The Balaban J connectivity index is 1.45. The first-order valence-electron chi connectivity index (χ1n) is 11.8. The molecule has 33 heavy (non-hydrogen) atoms. The Kier molecular flexibility index (Phi) is 6.42. The van der Waals surface area contributed by atoms with Gasteiger partial charge in [-0.15, -0.1) is 0 Å². The van der Waals surface area contributed by atoms with Crippen LogP contribution in [0.1, 0.15) is 6.42 Å². The second-order valence-corrected chi connectivity index (χ2v) is 8.92. The van der Waals surface area contributed by atoms with Crippen molar-refractivity contribution in [2.75, 3.05) is 46.9 Å². The van der Waals surface area contributed by atoms with Gasteiger partial charge in [-0.3, -0.25) is 4.98 Å². The van der Waals surface area contributed by atoms with Crippen LogP contribution in [-0.2, 0) is 6.54 Å². The number of nitrogens with zero attached hydrogens (tertiary/aromatic N) is 4. The number of ether oxygens (including phenoxy) is 1. The minimum absolute atomic E-state index is 0.922. The lowest BCUT2D eigenvalue weighted by Crippen LogP contribution is -2.44. The number of likely N-dealkylation sites (N-methyl/N-ethyl adjacent to an activating group) is 1. The fourth-order valence-corrected chi connectivity index (χ4v) is 4.81. The van der Waals surface area contributed by atoms with Crippen molar-refractivity contribution in [2.45, 2.75) is 13.0 Å². The summed E-state index contributed by atoms with van der Waals surface area (Å²) in [6, 6.07) is 19.0.